The number of hydrogen-bond acceptors (Lipinski definition) is 7. The molecule has 166 valence electrons. The van der Waals surface area contributed by atoms with Crippen molar-refractivity contribution in [3.8, 4) is 5.75 Å². The number of allylic oxidation sites excluding steroid dienone is 2. The zero-order chi connectivity index (χ0) is 23.3. The summed E-state index contributed by atoms with van der Waals surface area (Å²) in [7, 11) is 0. The maximum absolute atomic E-state index is 13.1. The van der Waals surface area contributed by atoms with E-state index in [2.05, 4.69) is 0 Å². The molecule has 1 fully saturated rings. The molecule has 2 N–H and O–H groups in total. The summed E-state index contributed by atoms with van der Waals surface area (Å²) in [6, 6.07) is 3.29. The number of rotatable bonds is 4. The number of Topliss-reactive ketones (excluding diaryl/α,β-unsaturated/α-hetero) is 3. The Kier molecular flexibility index (Phi) is 5.54. The quantitative estimate of drug-likeness (QED) is 0.417. The van der Waals surface area contributed by atoms with Crippen LogP contribution in [-0.2, 0) is 14.4 Å². The van der Waals surface area contributed by atoms with E-state index in [1.807, 2.05) is 13.8 Å². The van der Waals surface area contributed by atoms with Crippen LogP contribution in [0.15, 0.2) is 29.5 Å². The summed E-state index contributed by atoms with van der Waals surface area (Å²) in [5.41, 5.74) is -1.59. The predicted molar refractivity (Wildman–Crippen MR) is 112 cm³/mol. The van der Waals surface area contributed by atoms with Crippen molar-refractivity contribution in [2.75, 3.05) is 0 Å². The Labute approximate surface area is 180 Å². The van der Waals surface area contributed by atoms with Gasteiger partial charge >= 0.3 is 0 Å². The molecule has 8 heteroatoms. The van der Waals surface area contributed by atoms with Gasteiger partial charge in [0.15, 0.2) is 5.78 Å². The third-order valence-corrected chi connectivity index (χ3v) is 6.10. The van der Waals surface area contributed by atoms with E-state index in [0.29, 0.717) is 0 Å². The number of aliphatic hydroxyl groups is 1. The molecule has 2 aliphatic carbocycles. The van der Waals surface area contributed by atoms with E-state index in [4.69, 9.17) is 0 Å². The summed E-state index contributed by atoms with van der Waals surface area (Å²) in [6.07, 6.45) is 0.409. The van der Waals surface area contributed by atoms with Crippen molar-refractivity contribution in [1.29, 1.82) is 0 Å². The highest BCUT2D eigenvalue weighted by Crippen LogP contribution is 2.49. The lowest BCUT2D eigenvalue weighted by Gasteiger charge is -2.39. The number of hydrogen-bond donors (Lipinski definition) is 2. The molecule has 0 spiro atoms. The molecule has 8 nitrogen and oxygen atoms in total. The molecule has 31 heavy (non-hydrogen) atoms. The summed E-state index contributed by atoms with van der Waals surface area (Å²) in [6.45, 7) is 7.22. The van der Waals surface area contributed by atoms with Gasteiger partial charge in [0.2, 0.25) is 0 Å². The van der Waals surface area contributed by atoms with Gasteiger partial charge in [-0.15, -0.1) is 0 Å². The van der Waals surface area contributed by atoms with Gasteiger partial charge in [-0.05, 0) is 16.9 Å². The second kappa shape index (κ2) is 7.59. The van der Waals surface area contributed by atoms with Crippen molar-refractivity contribution in [1.82, 2.24) is 0 Å². The third kappa shape index (κ3) is 4.38. The minimum atomic E-state index is -1.30. The molecule has 0 bridgehead atoms. The van der Waals surface area contributed by atoms with Crippen LogP contribution in [0, 0.1) is 26.9 Å². The van der Waals surface area contributed by atoms with Crippen molar-refractivity contribution in [3.63, 3.8) is 0 Å². The summed E-state index contributed by atoms with van der Waals surface area (Å²) >= 11 is 0. The van der Waals surface area contributed by atoms with Crippen molar-refractivity contribution < 1.29 is 29.5 Å². The summed E-state index contributed by atoms with van der Waals surface area (Å²) in [5.74, 6) is -4.45. The number of non-ortho nitro benzene ring substituents is 1. The van der Waals surface area contributed by atoms with E-state index in [1.165, 1.54) is 0 Å². The molecule has 1 aromatic carbocycles. The second-order valence-electron chi connectivity index (χ2n) is 10.2. The van der Waals surface area contributed by atoms with Gasteiger partial charge in [-0.3, -0.25) is 24.5 Å². The van der Waals surface area contributed by atoms with Crippen molar-refractivity contribution >= 4 is 23.0 Å². The van der Waals surface area contributed by atoms with Gasteiger partial charge in [0.05, 0.1) is 10.8 Å². The summed E-state index contributed by atoms with van der Waals surface area (Å²) in [5, 5.41) is 32.7. The normalized spacial score (nSPS) is 22.5. The number of benzene rings is 1. The SMILES string of the molecule is CC1(C)CC(=O)C(C(C2=C(O)CC(C)(C)CC2=O)c2cc([N+](=O)[O-])ccc2O)C(=O)C1. The molecule has 0 amide bonds. The first-order valence-electron chi connectivity index (χ1n) is 10.2. The van der Waals surface area contributed by atoms with Crippen molar-refractivity contribution in [2.24, 2.45) is 16.7 Å². The Morgan fingerprint density at radius 2 is 1.52 bits per heavy atom. The number of carbonyl (C=O) groups excluding carboxylic acids is 3. The lowest BCUT2D eigenvalue weighted by molar-refractivity contribution is -0.385. The lowest BCUT2D eigenvalue weighted by atomic mass is 9.62. The maximum atomic E-state index is 13.1. The lowest BCUT2D eigenvalue weighted by Crippen LogP contribution is -2.43. The predicted octanol–water partition coefficient (Wildman–Crippen LogP) is 4.16. The Balaban J connectivity index is 2.25. The van der Waals surface area contributed by atoms with Gasteiger partial charge in [0, 0.05) is 54.9 Å². The smallest absolute Gasteiger partial charge is 0.269 e. The monoisotopic (exact) mass is 429 g/mol. The summed E-state index contributed by atoms with van der Waals surface area (Å²) < 4.78 is 0. The highest BCUT2D eigenvalue weighted by atomic mass is 16.6. The number of aliphatic hydroxyl groups excluding tert-OH is 1. The Morgan fingerprint density at radius 1 is 0.968 bits per heavy atom. The molecule has 1 atom stereocenters. The molecule has 3 rings (SSSR count). The topological polar surface area (TPSA) is 135 Å². The van der Waals surface area contributed by atoms with E-state index in [-0.39, 0.29) is 54.0 Å². The first kappa shape index (κ1) is 22.7. The average Bonchev–Trinajstić information content (AvgIpc) is 2.57. The minimum Gasteiger partial charge on any atom is -0.512 e. The Bertz CT molecular complexity index is 999. The molecule has 0 saturated heterocycles. The zero-order valence-electron chi connectivity index (χ0n) is 18.1. The largest absolute Gasteiger partial charge is 0.512 e. The second-order valence-corrected chi connectivity index (χ2v) is 10.2. The molecule has 1 unspecified atom stereocenters. The first-order chi connectivity index (χ1) is 14.2. The fourth-order valence-electron chi connectivity index (χ4n) is 4.84. The fraction of sp³-hybridized carbons (Fsp3) is 0.522. The van der Waals surface area contributed by atoms with Gasteiger partial charge in [0.25, 0.3) is 5.69 Å². The Morgan fingerprint density at radius 3 is 2.03 bits per heavy atom. The van der Waals surface area contributed by atoms with Crippen LogP contribution in [0.25, 0.3) is 0 Å². The van der Waals surface area contributed by atoms with Gasteiger partial charge in [-0.2, -0.15) is 0 Å². The van der Waals surface area contributed by atoms with E-state index in [1.54, 1.807) is 13.8 Å². The molecular weight excluding hydrogens is 402 g/mol. The van der Waals surface area contributed by atoms with Gasteiger partial charge in [-0.25, -0.2) is 0 Å². The van der Waals surface area contributed by atoms with E-state index in [9.17, 15) is 34.7 Å². The van der Waals surface area contributed by atoms with Gasteiger partial charge < -0.3 is 10.2 Å². The molecular formula is C23H27NO7. The fourth-order valence-corrected chi connectivity index (χ4v) is 4.84. The van der Waals surface area contributed by atoms with Crippen LogP contribution in [0.4, 0.5) is 5.69 Å². The number of phenolic OH excluding ortho intramolecular Hbond substituents is 1. The Hall–Kier alpha value is -3.03. The molecule has 1 aromatic rings. The minimum absolute atomic E-state index is 0.0739. The van der Waals surface area contributed by atoms with Crippen molar-refractivity contribution in [3.05, 3.63) is 45.2 Å². The first-order valence-corrected chi connectivity index (χ1v) is 10.2. The van der Waals surface area contributed by atoms with Crippen LogP contribution < -0.4 is 0 Å². The van der Waals surface area contributed by atoms with Crippen LogP contribution in [-0.4, -0.2) is 32.5 Å². The van der Waals surface area contributed by atoms with Crippen LogP contribution in [0.2, 0.25) is 0 Å². The molecule has 0 heterocycles. The van der Waals surface area contributed by atoms with Crippen LogP contribution >= 0.6 is 0 Å². The van der Waals surface area contributed by atoms with Crippen LogP contribution in [0.5, 0.6) is 5.75 Å². The number of phenols is 1. The average molecular weight is 429 g/mol. The zero-order valence-corrected chi connectivity index (χ0v) is 18.1. The van der Waals surface area contributed by atoms with Crippen LogP contribution in [0.1, 0.15) is 64.9 Å². The molecule has 2 aliphatic rings. The molecule has 0 aromatic heterocycles. The molecule has 0 aliphatic heterocycles. The number of nitrogens with zero attached hydrogens (tertiary/aromatic N) is 1. The summed E-state index contributed by atoms with van der Waals surface area (Å²) in [4.78, 5) is 50.0. The molecule has 1 saturated carbocycles. The number of nitro benzene ring substituents is 1. The third-order valence-electron chi connectivity index (χ3n) is 6.10. The van der Waals surface area contributed by atoms with Gasteiger partial charge in [-0.1, -0.05) is 27.7 Å². The highest BCUT2D eigenvalue weighted by molar-refractivity contribution is 6.09. The van der Waals surface area contributed by atoms with Crippen LogP contribution in [0.3, 0.4) is 0 Å². The van der Waals surface area contributed by atoms with E-state index < -0.39 is 44.9 Å². The standard InChI is InChI=1S/C23H27NO7/c1-22(2)8-15(26)20(16(27)9-22)19(13-7-12(24(30)31)5-6-14(13)25)21-17(28)10-23(3,4)11-18(21)29/h5-7,19-20,25,28H,8-11H2,1-4H3. The molecule has 0 radical (unpaired) electrons. The van der Waals surface area contributed by atoms with Gasteiger partial charge in [0.1, 0.15) is 23.1 Å². The van der Waals surface area contributed by atoms with E-state index in [0.717, 1.165) is 18.2 Å². The number of carbonyl (C=O) groups is 3. The number of nitro groups is 1. The van der Waals surface area contributed by atoms with E-state index >= 15 is 0 Å². The number of ketones is 3. The number of aromatic hydroxyl groups is 1. The highest BCUT2D eigenvalue weighted by Gasteiger charge is 2.49. The van der Waals surface area contributed by atoms with Crippen molar-refractivity contribution in [2.45, 2.75) is 59.3 Å². The maximum Gasteiger partial charge on any atom is 0.269 e.